The van der Waals surface area contributed by atoms with Gasteiger partial charge in [-0.3, -0.25) is 0 Å². The van der Waals surface area contributed by atoms with Crippen LogP contribution in [0.2, 0.25) is 0 Å². The number of hydrogen-bond acceptors (Lipinski definition) is 2. The van der Waals surface area contributed by atoms with Gasteiger partial charge in [-0.25, -0.2) is 4.79 Å². The van der Waals surface area contributed by atoms with Crippen molar-refractivity contribution in [1.29, 1.82) is 0 Å². The smallest absolute Gasteiger partial charge is 0.336 e. The van der Waals surface area contributed by atoms with Gasteiger partial charge in [0.15, 0.2) is 0 Å². The predicted octanol–water partition coefficient (Wildman–Crippen LogP) is 4.06. The van der Waals surface area contributed by atoms with Crippen LogP contribution in [0.15, 0.2) is 29.2 Å². The second kappa shape index (κ2) is 7.34. The van der Waals surface area contributed by atoms with Crippen LogP contribution in [0.1, 0.15) is 43.0 Å². The lowest BCUT2D eigenvalue weighted by molar-refractivity contribution is 0.0693. The van der Waals surface area contributed by atoms with Gasteiger partial charge in [0.2, 0.25) is 0 Å². The normalized spacial score (nSPS) is 10.3. The second-order valence-electron chi connectivity index (χ2n) is 3.71. The van der Waals surface area contributed by atoms with E-state index in [-0.39, 0.29) is 0 Å². The summed E-state index contributed by atoms with van der Waals surface area (Å²) >= 11 is 1.64. The number of unbranched alkanes of at least 4 members (excludes halogenated alkanes) is 3. The molecule has 1 aromatic rings. The number of hydrogen-bond donors (Lipinski definition) is 1. The third-order valence-corrected chi connectivity index (χ3v) is 3.53. The van der Waals surface area contributed by atoms with Crippen molar-refractivity contribution < 1.29 is 9.90 Å². The topological polar surface area (TPSA) is 37.3 Å². The molecule has 1 rings (SSSR count). The average molecular weight is 238 g/mol. The molecule has 2 nitrogen and oxygen atoms in total. The maximum atomic E-state index is 10.9. The van der Waals surface area contributed by atoms with E-state index in [1.807, 2.05) is 12.1 Å². The van der Waals surface area contributed by atoms with Gasteiger partial charge in [-0.05, 0) is 24.3 Å². The first-order valence-electron chi connectivity index (χ1n) is 5.70. The summed E-state index contributed by atoms with van der Waals surface area (Å²) in [7, 11) is 0. The summed E-state index contributed by atoms with van der Waals surface area (Å²) in [5.74, 6) is 0.168. The Balaban J connectivity index is 2.44. The summed E-state index contributed by atoms with van der Waals surface area (Å²) in [6.45, 7) is 2.19. The minimum atomic E-state index is -0.836. The third-order valence-electron chi connectivity index (χ3n) is 2.37. The number of benzene rings is 1. The van der Waals surface area contributed by atoms with Crippen molar-refractivity contribution in [1.82, 2.24) is 0 Å². The Morgan fingerprint density at radius 2 is 2.00 bits per heavy atom. The van der Waals surface area contributed by atoms with Gasteiger partial charge >= 0.3 is 5.97 Å². The van der Waals surface area contributed by atoms with E-state index < -0.39 is 5.97 Å². The lowest BCUT2D eigenvalue weighted by Crippen LogP contribution is -1.98. The van der Waals surface area contributed by atoms with E-state index in [1.54, 1.807) is 23.9 Å². The van der Waals surface area contributed by atoms with Crippen LogP contribution >= 0.6 is 11.8 Å². The first-order valence-corrected chi connectivity index (χ1v) is 6.69. The van der Waals surface area contributed by atoms with Crippen molar-refractivity contribution in [2.75, 3.05) is 5.75 Å². The van der Waals surface area contributed by atoms with E-state index >= 15 is 0 Å². The number of carboxylic acid groups (broad SMARTS) is 1. The Bertz CT molecular complexity index is 336. The van der Waals surface area contributed by atoms with Crippen LogP contribution in [0.4, 0.5) is 0 Å². The molecular weight excluding hydrogens is 220 g/mol. The number of carboxylic acids is 1. The Hall–Kier alpha value is -0.960. The van der Waals surface area contributed by atoms with Crippen LogP contribution in [-0.4, -0.2) is 16.8 Å². The SMILES string of the molecule is CCCCCCSc1ccccc1C(=O)O. The zero-order chi connectivity index (χ0) is 11.8. The molecule has 88 valence electrons. The molecule has 3 heteroatoms. The first-order chi connectivity index (χ1) is 7.75. The van der Waals surface area contributed by atoms with Crippen LogP contribution in [0, 0.1) is 0 Å². The fourth-order valence-electron chi connectivity index (χ4n) is 1.48. The summed E-state index contributed by atoms with van der Waals surface area (Å²) in [5.41, 5.74) is 0.419. The highest BCUT2D eigenvalue weighted by Gasteiger charge is 2.08. The average Bonchev–Trinajstić information content (AvgIpc) is 2.29. The van der Waals surface area contributed by atoms with E-state index in [0.717, 1.165) is 17.1 Å². The number of aromatic carboxylic acids is 1. The maximum absolute atomic E-state index is 10.9. The molecule has 0 unspecified atom stereocenters. The summed E-state index contributed by atoms with van der Waals surface area (Å²) in [5, 5.41) is 8.99. The van der Waals surface area contributed by atoms with Gasteiger partial charge in [0.25, 0.3) is 0 Å². The molecule has 1 N–H and O–H groups in total. The molecule has 0 aromatic heterocycles. The molecule has 0 radical (unpaired) electrons. The number of carbonyl (C=O) groups is 1. The first kappa shape index (κ1) is 13.1. The Labute approximate surface area is 101 Å². The highest BCUT2D eigenvalue weighted by atomic mass is 32.2. The molecule has 0 aliphatic rings. The molecule has 0 heterocycles. The number of rotatable bonds is 7. The van der Waals surface area contributed by atoms with Crippen molar-refractivity contribution in [3.63, 3.8) is 0 Å². The van der Waals surface area contributed by atoms with Gasteiger partial charge in [-0.1, -0.05) is 38.3 Å². The van der Waals surface area contributed by atoms with Crippen LogP contribution in [0.5, 0.6) is 0 Å². The lowest BCUT2D eigenvalue weighted by Gasteiger charge is -2.05. The van der Waals surface area contributed by atoms with Crippen LogP contribution < -0.4 is 0 Å². The lowest BCUT2D eigenvalue weighted by atomic mass is 10.2. The zero-order valence-electron chi connectivity index (χ0n) is 9.61. The van der Waals surface area contributed by atoms with Gasteiger partial charge in [-0.2, -0.15) is 0 Å². The fourth-order valence-corrected chi connectivity index (χ4v) is 2.53. The molecule has 0 saturated heterocycles. The molecule has 0 amide bonds. The minimum absolute atomic E-state index is 0.419. The third kappa shape index (κ3) is 4.27. The molecule has 16 heavy (non-hydrogen) atoms. The van der Waals surface area contributed by atoms with Crippen LogP contribution in [0.3, 0.4) is 0 Å². The summed E-state index contributed by atoms with van der Waals surface area (Å²) in [4.78, 5) is 11.8. The van der Waals surface area contributed by atoms with E-state index in [0.29, 0.717) is 5.56 Å². The van der Waals surface area contributed by atoms with E-state index in [9.17, 15) is 4.79 Å². The van der Waals surface area contributed by atoms with Crippen molar-refractivity contribution in [3.05, 3.63) is 29.8 Å². The molecule has 0 fully saturated rings. The zero-order valence-corrected chi connectivity index (χ0v) is 10.4. The number of thioether (sulfide) groups is 1. The second-order valence-corrected chi connectivity index (χ2v) is 4.85. The molecule has 0 aliphatic heterocycles. The molecule has 0 saturated carbocycles. The van der Waals surface area contributed by atoms with Gasteiger partial charge < -0.3 is 5.11 Å². The van der Waals surface area contributed by atoms with Gasteiger partial charge in [-0.15, -0.1) is 11.8 Å². The van der Waals surface area contributed by atoms with E-state index in [2.05, 4.69) is 6.92 Å². The Morgan fingerprint density at radius 3 is 2.69 bits per heavy atom. The summed E-state index contributed by atoms with van der Waals surface area (Å²) in [6, 6.07) is 7.20. The summed E-state index contributed by atoms with van der Waals surface area (Å²) in [6.07, 6.45) is 4.89. The minimum Gasteiger partial charge on any atom is -0.478 e. The van der Waals surface area contributed by atoms with Crippen molar-refractivity contribution in [3.8, 4) is 0 Å². The molecule has 0 aliphatic carbocycles. The Kier molecular flexibility index (Phi) is 6.01. The van der Waals surface area contributed by atoms with E-state index in [1.165, 1.54) is 19.3 Å². The largest absolute Gasteiger partial charge is 0.478 e. The van der Waals surface area contributed by atoms with Crippen LogP contribution in [0.25, 0.3) is 0 Å². The summed E-state index contributed by atoms with van der Waals surface area (Å²) < 4.78 is 0. The standard InChI is InChI=1S/C13H18O2S/c1-2-3-4-7-10-16-12-9-6-5-8-11(12)13(14)15/h5-6,8-9H,2-4,7,10H2,1H3,(H,14,15). The van der Waals surface area contributed by atoms with Crippen molar-refractivity contribution in [2.45, 2.75) is 37.5 Å². The van der Waals surface area contributed by atoms with Crippen molar-refractivity contribution >= 4 is 17.7 Å². The highest BCUT2D eigenvalue weighted by molar-refractivity contribution is 7.99. The van der Waals surface area contributed by atoms with Gasteiger partial charge in [0, 0.05) is 4.90 Å². The van der Waals surface area contributed by atoms with Gasteiger partial charge in [0.05, 0.1) is 5.56 Å². The van der Waals surface area contributed by atoms with Gasteiger partial charge in [0.1, 0.15) is 0 Å². The highest BCUT2D eigenvalue weighted by Crippen LogP contribution is 2.23. The monoisotopic (exact) mass is 238 g/mol. The molecule has 0 atom stereocenters. The maximum Gasteiger partial charge on any atom is 0.336 e. The van der Waals surface area contributed by atoms with Crippen molar-refractivity contribution in [2.24, 2.45) is 0 Å². The molecular formula is C13H18O2S. The van der Waals surface area contributed by atoms with E-state index in [4.69, 9.17) is 5.11 Å². The molecule has 0 bridgehead atoms. The predicted molar refractivity (Wildman–Crippen MR) is 68.3 cm³/mol. The quantitative estimate of drug-likeness (QED) is 0.575. The molecule has 0 spiro atoms. The molecule has 1 aromatic carbocycles. The Morgan fingerprint density at radius 1 is 1.25 bits per heavy atom. The van der Waals surface area contributed by atoms with Crippen LogP contribution in [-0.2, 0) is 0 Å². The fraction of sp³-hybridized carbons (Fsp3) is 0.462.